The van der Waals surface area contributed by atoms with E-state index in [1.807, 2.05) is 6.92 Å². The molecule has 0 radical (unpaired) electrons. The Bertz CT molecular complexity index is 706. The van der Waals surface area contributed by atoms with Gasteiger partial charge in [-0.2, -0.15) is 0 Å². The molecule has 1 amide bonds. The van der Waals surface area contributed by atoms with Gasteiger partial charge in [-0.3, -0.25) is 4.79 Å². The minimum absolute atomic E-state index is 0.0198. The summed E-state index contributed by atoms with van der Waals surface area (Å²) in [5.74, 6) is -0.232. The molecule has 0 N–H and O–H groups in total. The minimum atomic E-state index is -0.252. The topological polar surface area (TPSA) is 20.3 Å². The van der Waals surface area contributed by atoms with Gasteiger partial charge in [-0.25, -0.2) is 4.39 Å². The van der Waals surface area contributed by atoms with Crippen molar-refractivity contribution >= 4 is 5.91 Å². The lowest BCUT2D eigenvalue weighted by molar-refractivity contribution is 0.0766. The van der Waals surface area contributed by atoms with Gasteiger partial charge in [-0.05, 0) is 47.2 Å². The molecule has 0 fully saturated rings. The highest BCUT2D eigenvalue weighted by atomic mass is 19.1. The summed E-state index contributed by atoms with van der Waals surface area (Å²) in [6.07, 6.45) is 1.68. The smallest absolute Gasteiger partial charge is 0.255 e. The molecule has 0 saturated heterocycles. The Balaban J connectivity index is 1.84. The van der Waals surface area contributed by atoms with Crippen molar-refractivity contribution in [1.29, 1.82) is 0 Å². The van der Waals surface area contributed by atoms with Gasteiger partial charge in [-0.15, -0.1) is 0 Å². The van der Waals surface area contributed by atoms with E-state index in [0.717, 1.165) is 23.1 Å². The van der Waals surface area contributed by atoms with E-state index in [9.17, 15) is 9.18 Å². The molecule has 22 heavy (non-hydrogen) atoms. The summed E-state index contributed by atoms with van der Waals surface area (Å²) in [4.78, 5) is 14.4. The molecule has 0 aliphatic carbocycles. The first kappa shape index (κ1) is 14.8. The number of benzene rings is 2. The number of hydrogen-bond acceptors (Lipinski definition) is 1. The van der Waals surface area contributed by atoms with Crippen LogP contribution in [0.25, 0.3) is 0 Å². The lowest BCUT2D eigenvalue weighted by Gasteiger charge is -2.16. The highest BCUT2D eigenvalue weighted by Gasteiger charge is 2.30. The fraction of sp³-hybridized carbons (Fsp3) is 0.316. The highest BCUT2D eigenvalue weighted by Crippen LogP contribution is 2.29. The van der Waals surface area contributed by atoms with E-state index < -0.39 is 0 Å². The van der Waals surface area contributed by atoms with Crippen LogP contribution in [-0.4, -0.2) is 10.8 Å². The third kappa shape index (κ3) is 2.63. The van der Waals surface area contributed by atoms with E-state index in [4.69, 9.17) is 0 Å². The van der Waals surface area contributed by atoms with Crippen molar-refractivity contribution in [3.05, 3.63) is 70.0 Å². The van der Waals surface area contributed by atoms with Crippen LogP contribution in [0.2, 0.25) is 0 Å². The molecule has 2 nitrogen and oxygen atoms in total. The van der Waals surface area contributed by atoms with Crippen molar-refractivity contribution in [1.82, 2.24) is 4.90 Å². The summed E-state index contributed by atoms with van der Waals surface area (Å²) in [5.41, 5.74) is 4.72. The Kier molecular flexibility index (Phi) is 3.97. The first-order chi connectivity index (χ1) is 10.6. The zero-order valence-corrected chi connectivity index (χ0v) is 13.0. The molecule has 0 atom stereocenters. The quantitative estimate of drug-likeness (QED) is 0.831. The average Bonchev–Trinajstić information content (AvgIpc) is 2.83. The monoisotopic (exact) mass is 297 g/mol. The van der Waals surface area contributed by atoms with Crippen molar-refractivity contribution in [3.63, 3.8) is 0 Å². The van der Waals surface area contributed by atoms with E-state index in [1.165, 1.54) is 17.7 Å². The average molecular weight is 297 g/mol. The molecule has 0 unspecified atom stereocenters. The van der Waals surface area contributed by atoms with Gasteiger partial charge in [-0.1, -0.05) is 38.1 Å². The zero-order chi connectivity index (χ0) is 15.7. The first-order valence-corrected chi connectivity index (χ1v) is 7.80. The Labute approximate surface area is 130 Å². The number of carbonyl (C=O) groups excluding carboxylic acids is 1. The van der Waals surface area contributed by atoms with Gasteiger partial charge >= 0.3 is 0 Å². The molecule has 1 aliphatic heterocycles. The summed E-state index contributed by atoms with van der Waals surface area (Å²) in [7, 11) is 0. The standard InChI is InChI=1S/C19H20FNO/c1-3-13-5-7-14(8-6-13)11-21-12-16-10-17(20)9-15(4-2)18(16)19(21)22/h5-10H,3-4,11-12H2,1-2H3. The van der Waals surface area contributed by atoms with Crippen molar-refractivity contribution in [3.8, 4) is 0 Å². The fourth-order valence-corrected chi connectivity index (χ4v) is 3.07. The molecule has 2 aromatic carbocycles. The number of halogens is 1. The largest absolute Gasteiger partial charge is 0.330 e. The Morgan fingerprint density at radius 3 is 2.36 bits per heavy atom. The van der Waals surface area contributed by atoms with Gasteiger partial charge in [0.15, 0.2) is 0 Å². The van der Waals surface area contributed by atoms with Crippen LogP contribution >= 0.6 is 0 Å². The maximum Gasteiger partial charge on any atom is 0.255 e. The molecule has 3 rings (SSSR count). The van der Waals surface area contributed by atoms with E-state index in [1.54, 1.807) is 4.90 Å². The van der Waals surface area contributed by atoms with E-state index in [2.05, 4.69) is 31.2 Å². The summed E-state index contributed by atoms with van der Waals surface area (Å²) in [6, 6.07) is 11.3. The van der Waals surface area contributed by atoms with Crippen molar-refractivity contribution in [2.24, 2.45) is 0 Å². The highest BCUT2D eigenvalue weighted by molar-refractivity contribution is 5.99. The second kappa shape index (κ2) is 5.91. The summed E-state index contributed by atoms with van der Waals surface area (Å²) in [6.45, 7) is 5.14. The van der Waals surface area contributed by atoms with Crippen molar-refractivity contribution < 1.29 is 9.18 Å². The number of amides is 1. The molecule has 114 valence electrons. The van der Waals surface area contributed by atoms with E-state index in [0.29, 0.717) is 25.1 Å². The van der Waals surface area contributed by atoms with Gasteiger partial charge in [0.2, 0.25) is 0 Å². The molecule has 0 aromatic heterocycles. The van der Waals surface area contributed by atoms with Crippen LogP contribution in [0.5, 0.6) is 0 Å². The molecule has 1 heterocycles. The number of aryl methyl sites for hydroxylation is 2. The maximum absolute atomic E-state index is 13.6. The van der Waals surface area contributed by atoms with Gasteiger partial charge < -0.3 is 4.90 Å². The molecule has 3 heteroatoms. The van der Waals surface area contributed by atoms with Gasteiger partial charge in [0, 0.05) is 18.7 Å². The van der Waals surface area contributed by atoms with Crippen LogP contribution in [0.4, 0.5) is 4.39 Å². The second-order valence-corrected chi connectivity index (χ2v) is 5.78. The van der Waals surface area contributed by atoms with Gasteiger partial charge in [0.1, 0.15) is 5.82 Å². The van der Waals surface area contributed by atoms with Crippen LogP contribution in [0.1, 0.15) is 46.5 Å². The van der Waals surface area contributed by atoms with Crippen LogP contribution in [0.3, 0.4) is 0 Å². The molecule has 2 aromatic rings. The second-order valence-electron chi connectivity index (χ2n) is 5.78. The number of nitrogens with zero attached hydrogens (tertiary/aromatic N) is 1. The van der Waals surface area contributed by atoms with E-state index in [-0.39, 0.29) is 11.7 Å². The third-order valence-corrected chi connectivity index (χ3v) is 4.31. The zero-order valence-electron chi connectivity index (χ0n) is 13.0. The fourth-order valence-electron chi connectivity index (χ4n) is 3.07. The molecule has 0 spiro atoms. The molecule has 0 bridgehead atoms. The van der Waals surface area contributed by atoms with Crippen molar-refractivity contribution in [2.45, 2.75) is 39.8 Å². The SMILES string of the molecule is CCc1ccc(CN2Cc3cc(F)cc(CC)c3C2=O)cc1. The normalized spacial score (nSPS) is 13.6. The van der Waals surface area contributed by atoms with Crippen LogP contribution in [0.15, 0.2) is 36.4 Å². The summed E-state index contributed by atoms with van der Waals surface area (Å²) >= 11 is 0. The number of rotatable bonds is 4. The van der Waals surface area contributed by atoms with Crippen LogP contribution < -0.4 is 0 Å². The lowest BCUT2D eigenvalue weighted by Crippen LogP contribution is -2.23. The number of hydrogen-bond donors (Lipinski definition) is 0. The van der Waals surface area contributed by atoms with Crippen molar-refractivity contribution in [2.75, 3.05) is 0 Å². The van der Waals surface area contributed by atoms with Crippen LogP contribution in [0, 0.1) is 5.82 Å². The third-order valence-electron chi connectivity index (χ3n) is 4.31. The van der Waals surface area contributed by atoms with E-state index >= 15 is 0 Å². The predicted molar refractivity (Wildman–Crippen MR) is 85.2 cm³/mol. The number of carbonyl (C=O) groups is 1. The van der Waals surface area contributed by atoms with Gasteiger partial charge in [0.05, 0.1) is 0 Å². The summed E-state index contributed by atoms with van der Waals surface area (Å²) < 4.78 is 13.6. The Morgan fingerprint density at radius 2 is 1.73 bits per heavy atom. The Hall–Kier alpha value is -2.16. The Morgan fingerprint density at radius 1 is 1.05 bits per heavy atom. The van der Waals surface area contributed by atoms with Gasteiger partial charge in [0.25, 0.3) is 5.91 Å². The maximum atomic E-state index is 13.6. The number of fused-ring (bicyclic) bond motifs is 1. The van der Waals surface area contributed by atoms with Crippen LogP contribution in [-0.2, 0) is 25.9 Å². The first-order valence-electron chi connectivity index (χ1n) is 7.80. The lowest BCUT2D eigenvalue weighted by atomic mass is 10.0. The molecular weight excluding hydrogens is 277 g/mol. The summed E-state index contributed by atoms with van der Waals surface area (Å²) in [5, 5.41) is 0. The predicted octanol–water partition coefficient (Wildman–Crippen LogP) is 4.11. The molecule has 0 saturated carbocycles. The minimum Gasteiger partial charge on any atom is -0.330 e. The molecule has 1 aliphatic rings. The molecular formula is C19H20FNO.